The number of nitrogens with zero attached hydrogens (tertiary/aromatic N) is 1. The number of sulfonamides is 1. The topological polar surface area (TPSA) is 75.4 Å². The van der Waals surface area contributed by atoms with Crippen molar-refractivity contribution in [2.45, 2.75) is 35.9 Å². The minimum absolute atomic E-state index is 0.228. The molecule has 3 N–H and O–H groups in total. The molecule has 118 valence electrons. The number of nitrogens with two attached hydrogens (primary N) is 1. The van der Waals surface area contributed by atoms with E-state index in [1.807, 2.05) is 20.0 Å². The van der Waals surface area contributed by atoms with E-state index in [4.69, 9.17) is 18.0 Å². The monoisotopic (exact) mass is 347 g/mol. The molecule has 0 unspecified atom stereocenters. The van der Waals surface area contributed by atoms with Crippen LogP contribution in [0.15, 0.2) is 16.3 Å². The van der Waals surface area contributed by atoms with Gasteiger partial charge in [0.05, 0.1) is 10.5 Å². The Morgan fingerprint density at radius 1 is 1.48 bits per heavy atom. The molecular weight excluding hydrogens is 326 g/mol. The number of likely N-dealkylation sites (tertiary alicyclic amines) is 1. The van der Waals surface area contributed by atoms with Gasteiger partial charge in [0, 0.05) is 18.0 Å². The zero-order valence-corrected chi connectivity index (χ0v) is 14.7. The molecule has 21 heavy (non-hydrogen) atoms. The summed E-state index contributed by atoms with van der Waals surface area (Å²) >= 11 is 6.44. The molecule has 0 saturated carbocycles. The van der Waals surface area contributed by atoms with Crippen molar-refractivity contribution in [3.63, 3.8) is 0 Å². The predicted octanol–water partition coefficient (Wildman–Crippen LogP) is 1.34. The zero-order chi connectivity index (χ0) is 15.7. The molecule has 0 amide bonds. The van der Waals surface area contributed by atoms with E-state index >= 15 is 0 Å². The van der Waals surface area contributed by atoms with Gasteiger partial charge in [0.25, 0.3) is 10.0 Å². The predicted molar refractivity (Wildman–Crippen MR) is 90.3 cm³/mol. The summed E-state index contributed by atoms with van der Waals surface area (Å²) in [5.41, 5.74) is 5.05. The maximum atomic E-state index is 12.6. The van der Waals surface area contributed by atoms with E-state index in [1.54, 1.807) is 6.07 Å². The fraction of sp³-hybridized carbons (Fsp3) is 0.615. The highest BCUT2D eigenvalue weighted by atomic mass is 32.2. The number of aryl methyl sites for hydroxylation is 1. The number of rotatable bonds is 5. The first-order valence-corrected chi connectivity index (χ1v) is 9.61. The van der Waals surface area contributed by atoms with Crippen LogP contribution in [0.25, 0.3) is 0 Å². The summed E-state index contributed by atoms with van der Waals surface area (Å²) in [7, 11) is -1.58. The molecular formula is C13H21N3O2S3. The van der Waals surface area contributed by atoms with Gasteiger partial charge in [-0.15, -0.1) is 11.3 Å². The van der Waals surface area contributed by atoms with Gasteiger partial charge in [0.2, 0.25) is 0 Å². The molecule has 0 atom stereocenters. The minimum atomic E-state index is -3.59. The molecule has 1 aliphatic rings. The molecule has 0 spiro atoms. The lowest BCUT2D eigenvalue weighted by Gasteiger charge is -2.39. The van der Waals surface area contributed by atoms with Crippen LogP contribution < -0.4 is 10.5 Å². The van der Waals surface area contributed by atoms with Gasteiger partial charge in [-0.1, -0.05) is 19.1 Å². The van der Waals surface area contributed by atoms with Crippen molar-refractivity contribution in [1.82, 2.24) is 9.62 Å². The number of nitrogens with one attached hydrogen (secondary N) is 1. The Labute approximate surface area is 135 Å². The molecule has 2 heterocycles. The minimum Gasteiger partial charge on any atom is -0.392 e. The maximum absolute atomic E-state index is 12.6. The molecule has 0 aromatic carbocycles. The summed E-state index contributed by atoms with van der Waals surface area (Å²) in [6.07, 6.45) is 2.03. The average molecular weight is 348 g/mol. The standard InChI is InChI=1S/C13H21N3O2S3/c1-3-10-4-5-11(20-10)21(17,18)15-13(12(14)19)6-8-16(2)9-7-13/h4-5,15H,3,6-9H2,1-2H3,(H2,14,19). The van der Waals surface area contributed by atoms with Crippen molar-refractivity contribution >= 4 is 38.6 Å². The SMILES string of the molecule is CCc1ccc(S(=O)(=O)NC2(C(N)=S)CCN(C)CC2)s1. The second-order valence-corrected chi connectivity index (χ2v) is 8.95. The molecule has 0 aliphatic carbocycles. The van der Waals surface area contributed by atoms with Crippen LogP contribution in [0.4, 0.5) is 0 Å². The molecule has 1 aliphatic heterocycles. The van der Waals surface area contributed by atoms with Crippen LogP contribution in [0.2, 0.25) is 0 Å². The molecule has 2 rings (SSSR count). The molecule has 0 radical (unpaired) electrons. The van der Waals surface area contributed by atoms with E-state index in [2.05, 4.69) is 9.62 Å². The van der Waals surface area contributed by atoms with E-state index in [1.165, 1.54) is 11.3 Å². The van der Waals surface area contributed by atoms with Gasteiger partial charge in [-0.3, -0.25) is 0 Å². The van der Waals surface area contributed by atoms with E-state index < -0.39 is 15.6 Å². The first kappa shape index (κ1) is 16.8. The lowest BCUT2D eigenvalue weighted by Crippen LogP contribution is -2.61. The number of hydrogen-bond acceptors (Lipinski definition) is 5. The Balaban J connectivity index is 2.26. The van der Waals surface area contributed by atoms with E-state index in [0.717, 1.165) is 24.4 Å². The van der Waals surface area contributed by atoms with Crippen molar-refractivity contribution in [2.75, 3.05) is 20.1 Å². The summed E-state index contributed by atoms with van der Waals surface area (Å²) in [6, 6.07) is 3.50. The van der Waals surface area contributed by atoms with Crippen LogP contribution in [0.3, 0.4) is 0 Å². The Hall–Kier alpha value is -0.540. The van der Waals surface area contributed by atoms with Gasteiger partial charge in [-0.05, 0) is 38.4 Å². The van der Waals surface area contributed by atoms with Crippen molar-refractivity contribution in [3.8, 4) is 0 Å². The van der Waals surface area contributed by atoms with Crippen LogP contribution >= 0.6 is 23.6 Å². The molecule has 1 aromatic heterocycles. The fourth-order valence-electron chi connectivity index (χ4n) is 2.40. The van der Waals surface area contributed by atoms with Crippen LogP contribution in [0.1, 0.15) is 24.6 Å². The molecule has 1 aromatic rings. The van der Waals surface area contributed by atoms with E-state index in [9.17, 15) is 8.42 Å². The largest absolute Gasteiger partial charge is 0.392 e. The number of hydrogen-bond donors (Lipinski definition) is 2. The van der Waals surface area contributed by atoms with Crippen LogP contribution in [-0.2, 0) is 16.4 Å². The molecule has 1 fully saturated rings. The Morgan fingerprint density at radius 3 is 2.57 bits per heavy atom. The Bertz CT molecular complexity index is 616. The number of thiophene rings is 1. The van der Waals surface area contributed by atoms with Crippen molar-refractivity contribution < 1.29 is 8.42 Å². The highest BCUT2D eigenvalue weighted by Crippen LogP contribution is 2.28. The smallest absolute Gasteiger partial charge is 0.250 e. The number of thiocarbonyl (C=S) groups is 1. The quantitative estimate of drug-likeness (QED) is 0.786. The highest BCUT2D eigenvalue weighted by molar-refractivity contribution is 7.91. The van der Waals surface area contributed by atoms with Crippen molar-refractivity contribution in [3.05, 3.63) is 17.0 Å². The highest BCUT2D eigenvalue weighted by Gasteiger charge is 2.40. The fourth-order valence-corrected chi connectivity index (χ4v) is 5.46. The van der Waals surface area contributed by atoms with Gasteiger partial charge >= 0.3 is 0 Å². The third kappa shape index (κ3) is 3.62. The van der Waals surface area contributed by atoms with Gasteiger partial charge in [0.15, 0.2) is 0 Å². The normalized spacial score (nSPS) is 19.5. The van der Waals surface area contributed by atoms with Crippen LogP contribution in [0.5, 0.6) is 0 Å². The summed E-state index contributed by atoms with van der Waals surface area (Å²) in [4.78, 5) is 3.42. The summed E-state index contributed by atoms with van der Waals surface area (Å²) < 4.78 is 28.3. The lowest BCUT2D eigenvalue weighted by molar-refractivity contribution is 0.221. The van der Waals surface area contributed by atoms with E-state index in [0.29, 0.717) is 17.1 Å². The number of piperidine rings is 1. The Kier molecular flexibility index (Phi) is 5.04. The first-order chi connectivity index (χ1) is 9.79. The lowest BCUT2D eigenvalue weighted by atomic mass is 9.89. The van der Waals surface area contributed by atoms with Gasteiger partial charge in [0.1, 0.15) is 4.21 Å². The second kappa shape index (κ2) is 6.29. The third-order valence-electron chi connectivity index (χ3n) is 3.89. The zero-order valence-electron chi connectivity index (χ0n) is 12.3. The van der Waals surface area contributed by atoms with Gasteiger partial charge in [-0.25, -0.2) is 8.42 Å². The summed E-state index contributed by atoms with van der Waals surface area (Å²) in [6.45, 7) is 3.54. The average Bonchev–Trinajstić information content (AvgIpc) is 2.91. The van der Waals surface area contributed by atoms with E-state index in [-0.39, 0.29) is 4.99 Å². The molecule has 0 bridgehead atoms. The summed E-state index contributed by atoms with van der Waals surface area (Å²) in [5.74, 6) is 0. The molecule has 1 saturated heterocycles. The van der Waals surface area contributed by atoms with Gasteiger partial charge in [-0.2, -0.15) is 4.72 Å². The van der Waals surface area contributed by atoms with Crippen LogP contribution in [0, 0.1) is 0 Å². The van der Waals surface area contributed by atoms with Crippen molar-refractivity contribution in [1.29, 1.82) is 0 Å². The molecule has 8 heteroatoms. The van der Waals surface area contributed by atoms with Crippen LogP contribution in [-0.4, -0.2) is 44.0 Å². The molecule has 5 nitrogen and oxygen atoms in total. The van der Waals surface area contributed by atoms with Crippen molar-refractivity contribution in [2.24, 2.45) is 5.73 Å². The third-order valence-corrected chi connectivity index (χ3v) is 7.54. The summed E-state index contributed by atoms with van der Waals surface area (Å²) in [5, 5.41) is 0. The second-order valence-electron chi connectivity index (χ2n) is 5.43. The first-order valence-electron chi connectivity index (χ1n) is 6.90. The maximum Gasteiger partial charge on any atom is 0.250 e. The van der Waals surface area contributed by atoms with Gasteiger partial charge < -0.3 is 10.6 Å². The Morgan fingerprint density at radius 2 is 2.10 bits per heavy atom.